The number of piperidine rings is 1. The van der Waals surface area contributed by atoms with E-state index in [0.29, 0.717) is 6.54 Å². The average Bonchev–Trinajstić information content (AvgIpc) is 2.28. The van der Waals surface area contributed by atoms with Gasteiger partial charge in [0.1, 0.15) is 5.75 Å². The van der Waals surface area contributed by atoms with Gasteiger partial charge in [0, 0.05) is 6.54 Å². The molecule has 1 aromatic rings. The van der Waals surface area contributed by atoms with Crippen LogP contribution in [0.2, 0.25) is 0 Å². The molecule has 1 fully saturated rings. The highest BCUT2D eigenvalue weighted by Crippen LogP contribution is 2.24. The third kappa shape index (κ3) is 4.22. The van der Waals surface area contributed by atoms with E-state index in [1.54, 1.807) is 6.07 Å². The Balaban J connectivity index is 1.98. The first-order valence-electron chi connectivity index (χ1n) is 6.10. The summed E-state index contributed by atoms with van der Waals surface area (Å²) in [6.07, 6.45) is -1.05. The van der Waals surface area contributed by atoms with E-state index in [4.69, 9.17) is 0 Å². The molecule has 0 radical (unpaired) electrons. The predicted molar refractivity (Wildman–Crippen MR) is 62.3 cm³/mol. The van der Waals surface area contributed by atoms with Crippen molar-refractivity contribution in [1.82, 2.24) is 4.90 Å². The van der Waals surface area contributed by atoms with E-state index in [0.717, 1.165) is 18.7 Å². The Morgan fingerprint density at radius 2 is 1.83 bits per heavy atom. The lowest BCUT2D eigenvalue weighted by molar-refractivity contribution is -0.274. The van der Waals surface area contributed by atoms with Crippen molar-refractivity contribution in [2.75, 3.05) is 13.1 Å². The minimum absolute atomic E-state index is 0.142. The fourth-order valence-electron chi connectivity index (χ4n) is 2.22. The van der Waals surface area contributed by atoms with Gasteiger partial charge in [0.15, 0.2) is 0 Å². The first-order valence-corrected chi connectivity index (χ1v) is 6.10. The quantitative estimate of drug-likeness (QED) is 0.822. The van der Waals surface area contributed by atoms with Crippen molar-refractivity contribution in [3.63, 3.8) is 0 Å². The fraction of sp³-hybridized carbons (Fsp3) is 0.538. The Kier molecular flexibility index (Phi) is 4.11. The Bertz CT molecular complexity index is 386. The molecular weight excluding hydrogens is 243 g/mol. The molecule has 2 nitrogen and oxygen atoms in total. The minimum Gasteiger partial charge on any atom is -0.406 e. The van der Waals surface area contributed by atoms with Gasteiger partial charge in [-0.05, 0) is 43.6 Å². The van der Waals surface area contributed by atoms with Crippen LogP contribution in [-0.2, 0) is 6.54 Å². The summed E-state index contributed by atoms with van der Waals surface area (Å²) in [4.78, 5) is 2.26. The molecule has 18 heavy (non-hydrogen) atoms. The zero-order valence-electron chi connectivity index (χ0n) is 10.0. The van der Waals surface area contributed by atoms with Gasteiger partial charge < -0.3 is 4.74 Å². The number of halogens is 3. The Labute approximate surface area is 104 Å². The van der Waals surface area contributed by atoms with Gasteiger partial charge in [-0.15, -0.1) is 13.2 Å². The summed E-state index contributed by atoms with van der Waals surface area (Å²) in [5.74, 6) is -0.142. The van der Waals surface area contributed by atoms with Crippen LogP contribution in [0.4, 0.5) is 13.2 Å². The monoisotopic (exact) mass is 259 g/mol. The van der Waals surface area contributed by atoms with E-state index in [1.807, 2.05) is 6.07 Å². The molecule has 0 saturated carbocycles. The standard InChI is InChI=1S/C13H16F3NO/c14-13(15,16)18-12-6-4-5-11(9-12)10-17-7-2-1-3-8-17/h4-6,9H,1-3,7-8,10H2. The number of alkyl halides is 3. The third-order valence-corrected chi connectivity index (χ3v) is 2.99. The van der Waals surface area contributed by atoms with Crippen LogP contribution < -0.4 is 4.74 Å². The maximum atomic E-state index is 12.1. The summed E-state index contributed by atoms with van der Waals surface area (Å²) >= 11 is 0. The highest BCUT2D eigenvalue weighted by Gasteiger charge is 2.31. The molecule has 0 spiro atoms. The largest absolute Gasteiger partial charge is 0.573 e. The number of likely N-dealkylation sites (tertiary alicyclic amines) is 1. The zero-order valence-corrected chi connectivity index (χ0v) is 10.0. The lowest BCUT2D eigenvalue weighted by Crippen LogP contribution is -2.29. The van der Waals surface area contributed by atoms with E-state index >= 15 is 0 Å². The number of hydrogen-bond acceptors (Lipinski definition) is 2. The Hall–Kier alpha value is -1.23. The molecule has 1 saturated heterocycles. The number of ether oxygens (including phenoxy) is 1. The smallest absolute Gasteiger partial charge is 0.406 e. The van der Waals surface area contributed by atoms with Crippen LogP contribution in [0, 0.1) is 0 Å². The molecule has 0 bridgehead atoms. The summed E-state index contributed by atoms with van der Waals surface area (Å²) in [5.41, 5.74) is 0.860. The summed E-state index contributed by atoms with van der Waals surface area (Å²) < 4.78 is 40.2. The first kappa shape index (κ1) is 13.2. The Morgan fingerprint density at radius 1 is 1.11 bits per heavy atom. The van der Waals surface area contributed by atoms with Crippen molar-refractivity contribution < 1.29 is 17.9 Å². The van der Waals surface area contributed by atoms with E-state index in [-0.39, 0.29) is 5.75 Å². The summed E-state index contributed by atoms with van der Waals surface area (Å²) in [7, 11) is 0. The van der Waals surface area contributed by atoms with E-state index in [1.165, 1.54) is 31.4 Å². The molecule has 0 N–H and O–H groups in total. The molecule has 5 heteroatoms. The summed E-state index contributed by atoms with van der Waals surface area (Å²) in [5, 5.41) is 0. The second kappa shape index (κ2) is 5.61. The number of nitrogens with zero attached hydrogens (tertiary/aromatic N) is 1. The van der Waals surface area contributed by atoms with Crippen molar-refractivity contribution in [2.45, 2.75) is 32.2 Å². The predicted octanol–water partition coefficient (Wildman–Crippen LogP) is 3.57. The zero-order chi connectivity index (χ0) is 13.0. The van der Waals surface area contributed by atoms with Crippen molar-refractivity contribution in [3.05, 3.63) is 29.8 Å². The van der Waals surface area contributed by atoms with Crippen LogP contribution in [0.1, 0.15) is 24.8 Å². The molecule has 0 unspecified atom stereocenters. The number of rotatable bonds is 3. The van der Waals surface area contributed by atoms with Crippen LogP contribution in [0.25, 0.3) is 0 Å². The lowest BCUT2D eigenvalue weighted by Gasteiger charge is -2.26. The SMILES string of the molecule is FC(F)(F)Oc1cccc(CN2CCCCC2)c1. The topological polar surface area (TPSA) is 12.5 Å². The van der Waals surface area contributed by atoms with Crippen molar-refractivity contribution >= 4 is 0 Å². The van der Waals surface area contributed by atoms with Gasteiger partial charge in [0.2, 0.25) is 0 Å². The maximum absolute atomic E-state index is 12.1. The number of benzene rings is 1. The van der Waals surface area contributed by atoms with Gasteiger partial charge in [-0.3, -0.25) is 4.90 Å². The van der Waals surface area contributed by atoms with E-state index < -0.39 is 6.36 Å². The molecule has 1 aromatic carbocycles. The molecule has 100 valence electrons. The van der Waals surface area contributed by atoms with Crippen LogP contribution in [0.5, 0.6) is 5.75 Å². The first-order chi connectivity index (χ1) is 8.53. The van der Waals surface area contributed by atoms with Crippen molar-refractivity contribution in [1.29, 1.82) is 0 Å². The molecule has 0 aromatic heterocycles. The molecule has 1 aliphatic heterocycles. The van der Waals surface area contributed by atoms with Crippen molar-refractivity contribution in [3.8, 4) is 5.75 Å². The van der Waals surface area contributed by atoms with Crippen LogP contribution in [-0.4, -0.2) is 24.4 Å². The van der Waals surface area contributed by atoms with Crippen LogP contribution in [0.3, 0.4) is 0 Å². The fourth-order valence-corrected chi connectivity index (χ4v) is 2.22. The molecule has 0 aliphatic carbocycles. The molecule has 0 amide bonds. The maximum Gasteiger partial charge on any atom is 0.573 e. The second-order valence-corrected chi connectivity index (χ2v) is 4.53. The van der Waals surface area contributed by atoms with E-state index in [2.05, 4.69) is 9.64 Å². The summed E-state index contributed by atoms with van der Waals surface area (Å²) in [6, 6.07) is 6.22. The average molecular weight is 259 g/mol. The highest BCUT2D eigenvalue weighted by atomic mass is 19.4. The van der Waals surface area contributed by atoms with Crippen LogP contribution >= 0.6 is 0 Å². The second-order valence-electron chi connectivity index (χ2n) is 4.53. The summed E-state index contributed by atoms with van der Waals surface area (Å²) in [6.45, 7) is 2.73. The molecule has 2 rings (SSSR count). The van der Waals surface area contributed by atoms with Gasteiger partial charge in [-0.1, -0.05) is 18.6 Å². The van der Waals surface area contributed by atoms with Crippen molar-refractivity contribution in [2.24, 2.45) is 0 Å². The van der Waals surface area contributed by atoms with Gasteiger partial charge in [-0.25, -0.2) is 0 Å². The van der Waals surface area contributed by atoms with Gasteiger partial charge in [0.25, 0.3) is 0 Å². The molecular formula is C13H16F3NO. The van der Waals surface area contributed by atoms with E-state index in [9.17, 15) is 13.2 Å². The molecule has 0 atom stereocenters. The molecule has 1 aliphatic rings. The Morgan fingerprint density at radius 3 is 2.50 bits per heavy atom. The number of hydrogen-bond donors (Lipinski definition) is 0. The van der Waals surface area contributed by atoms with Crippen LogP contribution in [0.15, 0.2) is 24.3 Å². The molecule has 1 heterocycles. The minimum atomic E-state index is -4.62. The van der Waals surface area contributed by atoms with Gasteiger partial charge in [-0.2, -0.15) is 0 Å². The normalized spacial score (nSPS) is 17.7. The highest BCUT2D eigenvalue weighted by molar-refractivity contribution is 5.28. The lowest BCUT2D eigenvalue weighted by atomic mass is 10.1. The van der Waals surface area contributed by atoms with Gasteiger partial charge in [0.05, 0.1) is 0 Å². The third-order valence-electron chi connectivity index (χ3n) is 2.99. The van der Waals surface area contributed by atoms with Gasteiger partial charge >= 0.3 is 6.36 Å².